The maximum absolute atomic E-state index is 13.7. The molecule has 0 aliphatic rings. The number of benzene rings is 1. The minimum Gasteiger partial charge on any atom is -0.290 e. The number of amides is 1. The van der Waals surface area contributed by atoms with E-state index in [1.54, 1.807) is 12.4 Å². The van der Waals surface area contributed by atoms with Gasteiger partial charge < -0.3 is 0 Å². The summed E-state index contributed by atoms with van der Waals surface area (Å²) in [4.78, 5) is 19.7. The first-order valence-corrected chi connectivity index (χ1v) is 6.79. The normalized spacial score (nSPS) is 10.3. The van der Waals surface area contributed by atoms with E-state index < -0.39 is 5.91 Å². The van der Waals surface area contributed by atoms with Crippen LogP contribution >= 0.6 is 11.8 Å². The van der Waals surface area contributed by atoms with Crippen molar-refractivity contribution in [1.29, 1.82) is 0 Å². The molecule has 5 nitrogen and oxygen atoms in total. The Morgan fingerprint density at radius 2 is 2.10 bits per heavy atom. The smallest absolute Gasteiger partial charge is 0.265 e. The highest BCUT2D eigenvalue weighted by molar-refractivity contribution is 7.98. The van der Waals surface area contributed by atoms with Crippen molar-refractivity contribution in [1.82, 2.24) is 15.4 Å². The fraction of sp³-hybridized carbons (Fsp3) is 0.154. The highest BCUT2D eigenvalue weighted by Gasteiger charge is 2.09. The van der Waals surface area contributed by atoms with Crippen molar-refractivity contribution >= 4 is 17.7 Å². The lowest BCUT2D eigenvalue weighted by atomic mass is 10.1. The van der Waals surface area contributed by atoms with Crippen LogP contribution in [0.3, 0.4) is 0 Å². The Morgan fingerprint density at radius 3 is 2.75 bits per heavy atom. The number of carbonyl (C=O) groups is 1. The molecule has 0 saturated carbocycles. The Balaban J connectivity index is 2.12. The van der Waals surface area contributed by atoms with E-state index in [4.69, 9.17) is 5.84 Å². The first-order valence-electron chi connectivity index (χ1n) is 5.81. The van der Waals surface area contributed by atoms with E-state index in [0.717, 1.165) is 5.56 Å². The third-order valence-electron chi connectivity index (χ3n) is 2.55. The summed E-state index contributed by atoms with van der Waals surface area (Å²) < 4.78 is 13.7. The molecule has 1 aromatic carbocycles. The summed E-state index contributed by atoms with van der Waals surface area (Å²) in [5.74, 6) is 4.55. The summed E-state index contributed by atoms with van der Waals surface area (Å²) in [7, 11) is 0. The molecule has 104 valence electrons. The van der Waals surface area contributed by atoms with E-state index in [1.165, 1.54) is 30.0 Å². The molecule has 0 atom stereocenters. The third-order valence-corrected chi connectivity index (χ3v) is 3.48. The summed E-state index contributed by atoms with van der Waals surface area (Å²) in [6, 6.07) is 4.10. The van der Waals surface area contributed by atoms with Gasteiger partial charge in [-0.15, -0.1) is 0 Å². The molecular weight excluding hydrogens is 279 g/mol. The Labute approximate surface area is 119 Å². The number of hydrazine groups is 1. The van der Waals surface area contributed by atoms with Crippen molar-refractivity contribution in [2.24, 2.45) is 5.84 Å². The van der Waals surface area contributed by atoms with Gasteiger partial charge in [0, 0.05) is 23.7 Å². The lowest BCUT2D eigenvalue weighted by Crippen LogP contribution is -2.30. The summed E-state index contributed by atoms with van der Waals surface area (Å²) >= 11 is 1.30. The quantitative estimate of drug-likeness (QED) is 0.295. The van der Waals surface area contributed by atoms with Crippen LogP contribution in [-0.2, 0) is 5.75 Å². The van der Waals surface area contributed by atoms with Gasteiger partial charge in [0.2, 0.25) is 0 Å². The molecular formula is C13H13FN4OS. The van der Waals surface area contributed by atoms with Crippen LogP contribution in [-0.4, -0.2) is 15.9 Å². The van der Waals surface area contributed by atoms with Gasteiger partial charge in [0.05, 0.1) is 0 Å². The van der Waals surface area contributed by atoms with E-state index >= 15 is 0 Å². The number of aromatic nitrogens is 2. The van der Waals surface area contributed by atoms with Crippen LogP contribution in [0.4, 0.5) is 4.39 Å². The lowest BCUT2D eigenvalue weighted by Gasteiger charge is -2.05. The van der Waals surface area contributed by atoms with E-state index in [-0.39, 0.29) is 5.82 Å². The minimum absolute atomic E-state index is 0.314. The molecule has 0 bridgehead atoms. The maximum Gasteiger partial charge on any atom is 0.265 e. The van der Waals surface area contributed by atoms with Gasteiger partial charge >= 0.3 is 0 Å². The van der Waals surface area contributed by atoms with Gasteiger partial charge in [-0.25, -0.2) is 20.2 Å². The van der Waals surface area contributed by atoms with Crippen LogP contribution < -0.4 is 11.3 Å². The van der Waals surface area contributed by atoms with Gasteiger partial charge in [-0.3, -0.25) is 10.2 Å². The zero-order valence-corrected chi connectivity index (χ0v) is 11.6. The number of halogens is 1. The molecule has 0 unspecified atom stereocenters. The second kappa shape index (κ2) is 6.44. The summed E-state index contributed by atoms with van der Waals surface area (Å²) in [6.07, 6.45) is 3.40. The zero-order chi connectivity index (χ0) is 14.5. The second-order valence-corrected chi connectivity index (χ2v) is 5.05. The fourth-order valence-corrected chi connectivity index (χ4v) is 2.27. The molecule has 1 heterocycles. The highest BCUT2D eigenvalue weighted by Crippen LogP contribution is 2.21. The standard InChI is InChI=1S/C13H13FN4OS/c1-8-5-16-13(17-6-8)20-7-10-4-9(12(19)18-15)2-3-11(10)14/h2-6H,7,15H2,1H3,(H,18,19). The molecule has 0 radical (unpaired) electrons. The number of hydrogen-bond acceptors (Lipinski definition) is 5. The first kappa shape index (κ1) is 14.4. The van der Waals surface area contributed by atoms with E-state index in [0.29, 0.717) is 22.0 Å². The van der Waals surface area contributed by atoms with Crippen molar-refractivity contribution in [3.8, 4) is 0 Å². The zero-order valence-electron chi connectivity index (χ0n) is 10.8. The van der Waals surface area contributed by atoms with Crippen LogP contribution in [0.25, 0.3) is 0 Å². The number of hydrogen-bond donors (Lipinski definition) is 2. The molecule has 1 aromatic heterocycles. The van der Waals surface area contributed by atoms with Crippen molar-refractivity contribution in [3.63, 3.8) is 0 Å². The minimum atomic E-state index is -0.456. The number of carbonyl (C=O) groups excluding carboxylic acids is 1. The molecule has 3 N–H and O–H groups in total. The van der Waals surface area contributed by atoms with Gasteiger partial charge in [-0.2, -0.15) is 0 Å². The molecule has 1 amide bonds. The Morgan fingerprint density at radius 1 is 1.40 bits per heavy atom. The largest absolute Gasteiger partial charge is 0.290 e. The fourth-order valence-electron chi connectivity index (χ4n) is 1.51. The average Bonchev–Trinajstić information content (AvgIpc) is 2.47. The summed E-state index contributed by atoms with van der Waals surface area (Å²) in [6.45, 7) is 1.89. The van der Waals surface area contributed by atoms with Gasteiger partial charge in [-0.1, -0.05) is 11.8 Å². The van der Waals surface area contributed by atoms with Gasteiger partial charge in [0.25, 0.3) is 5.91 Å². The van der Waals surface area contributed by atoms with Crippen LogP contribution in [0.15, 0.2) is 35.7 Å². The number of thioether (sulfide) groups is 1. The monoisotopic (exact) mass is 292 g/mol. The van der Waals surface area contributed by atoms with Crippen LogP contribution in [0.5, 0.6) is 0 Å². The van der Waals surface area contributed by atoms with Crippen LogP contribution in [0.2, 0.25) is 0 Å². The van der Waals surface area contributed by atoms with Gasteiger partial charge in [0.15, 0.2) is 5.16 Å². The molecule has 2 rings (SSSR count). The molecule has 0 spiro atoms. The molecule has 0 aliphatic carbocycles. The second-order valence-electron chi connectivity index (χ2n) is 4.11. The van der Waals surface area contributed by atoms with E-state index in [9.17, 15) is 9.18 Å². The molecule has 0 saturated heterocycles. The molecule has 2 aromatic rings. The number of nitrogens with two attached hydrogens (primary N) is 1. The number of nitrogens with one attached hydrogen (secondary N) is 1. The predicted octanol–water partition coefficient (Wildman–Crippen LogP) is 1.82. The average molecular weight is 292 g/mol. The number of aryl methyl sites for hydroxylation is 1. The SMILES string of the molecule is Cc1cnc(SCc2cc(C(=O)NN)ccc2F)nc1. The predicted molar refractivity (Wildman–Crippen MR) is 74.4 cm³/mol. The molecule has 0 aliphatic heterocycles. The molecule has 0 fully saturated rings. The first-order chi connectivity index (χ1) is 9.60. The van der Waals surface area contributed by atoms with Gasteiger partial charge in [0.1, 0.15) is 5.82 Å². The Bertz CT molecular complexity index is 618. The summed E-state index contributed by atoms with van der Waals surface area (Å²) in [5.41, 5.74) is 3.69. The highest BCUT2D eigenvalue weighted by atomic mass is 32.2. The Hall–Kier alpha value is -1.99. The van der Waals surface area contributed by atoms with Gasteiger partial charge in [-0.05, 0) is 36.2 Å². The topological polar surface area (TPSA) is 80.9 Å². The lowest BCUT2D eigenvalue weighted by molar-refractivity contribution is 0.0953. The maximum atomic E-state index is 13.7. The number of nitrogens with zero attached hydrogens (tertiary/aromatic N) is 2. The van der Waals surface area contributed by atoms with E-state index in [1.807, 2.05) is 12.3 Å². The molecule has 7 heteroatoms. The number of rotatable bonds is 4. The van der Waals surface area contributed by atoms with Crippen molar-refractivity contribution in [3.05, 3.63) is 53.1 Å². The third kappa shape index (κ3) is 3.52. The van der Waals surface area contributed by atoms with Crippen LogP contribution in [0.1, 0.15) is 21.5 Å². The van der Waals surface area contributed by atoms with Crippen molar-refractivity contribution in [2.45, 2.75) is 17.8 Å². The molecule has 20 heavy (non-hydrogen) atoms. The summed E-state index contributed by atoms with van der Waals surface area (Å²) in [5, 5.41) is 0.559. The van der Waals surface area contributed by atoms with Crippen molar-refractivity contribution in [2.75, 3.05) is 0 Å². The van der Waals surface area contributed by atoms with Crippen LogP contribution in [0, 0.1) is 12.7 Å². The van der Waals surface area contributed by atoms with Crippen molar-refractivity contribution < 1.29 is 9.18 Å². The van der Waals surface area contributed by atoms with E-state index in [2.05, 4.69) is 9.97 Å². The Kier molecular flexibility index (Phi) is 4.65. The number of nitrogen functional groups attached to an aromatic ring is 1.